The summed E-state index contributed by atoms with van der Waals surface area (Å²) in [5.41, 5.74) is 0.792. The van der Waals surface area contributed by atoms with Crippen LogP contribution in [0.4, 0.5) is 19.4 Å². The first-order chi connectivity index (χ1) is 10.4. The van der Waals surface area contributed by atoms with E-state index in [9.17, 15) is 13.6 Å². The normalized spacial score (nSPS) is 10.6. The third-order valence-electron chi connectivity index (χ3n) is 2.86. The fourth-order valence-corrected chi connectivity index (χ4v) is 1.81. The molecule has 1 N–H and O–H groups in total. The number of aromatic nitrogens is 2. The first-order valence-corrected chi connectivity index (χ1v) is 6.49. The fraction of sp³-hybridized carbons (Fsp3) is 0.286. The molecule has 2 aromatic rings. The SMILES string of the molecule is CN(Cc1ccc(OC(F)F)cc1)C(=O)Nc1ccn(C)n1. The highest BCUT2D eigenvalue weighted by atomic mass is 19.3. The Labute approximate surface area is 126 Å². The highest BCUT2D eigenvalue weighted by Crippen LogP contribution is 2.16. The zero-order valence-corrected chi connectivity index (χ0v) is 12.2. The van der Waals surface area contributed by atoms with Crippen LogP contribution in [0.2, 0.25) is 0 Å². The highest BCUT2D eigenvalue weighted by molar-refractivity contribution is 5.87. The number of carbonyl (C=O) groups excluding carboxylic acids is 1. The summed E-state index contributed by atoms with van der Waals surface area (Å²) in [6.45, 7) is -2.52. The predicted octanol–water partition coefficient (Wildman–Crippen LogP) is 2.69. The Morgan fingerprint density at radius 1 is 1.36 bits per heavy atom. The minimum Gasteiger partial charge on any atom is -0.435 e. The molecule has 0 aliphatic rings. The third kappa shape index (κ3) is 4.44. The van der Waals surface area contributed by atoms with Crippen molar-refractivity contribution in [2.75, 3.05) is 12.4 Å². The molecule has 1 heterocycles. The Morgan fingerprint density at radius 2 is 2.05 bits per heavy atom. The van der Waals surface area contributed by atoms with Crippen molar-refractivity contribution >= 4 is 11.8 Å². The van der Waals surface area contributed by atoms with Crippen molar-refractivity contribution in [2.45, 2.75) is 13.2 Å². The molecule has 0 aliphatic heterocycles. The van der Waals surface area contributed by atoms with Gasteiger partial charge in [-0.2, -0.15) is 13.9 Å². The maximum atomic E-state index is 12.1. The van der Waals surface area contributed by atoms with Gasteiger partial charge in [-0.3, -0.25) is 10.00 Å². The molecule has 0 spiro atoms. The molecule has 0 aliphatic carbocycles. The van der Waals surface area contributed by atoms with E-state index >= 15 is 0 Å². The summed E-state index contributed by atoms with van der Waals surface area (Å²) in [5.74, 6) is 0.541. The van der Waals surface area contributed by atoms with Crippen LogP contribution in [0.5, 0.6) is 5.75 Å². The molecule has 1 aromatic carbocycles. The van der Waals surface area contributed by atoms with Crippen molar-refractivity contribution < 1.29 is 18.3 Å². The molecule has 2 rings (SSSR count). The van der Waals surface area contributed by atoms with E-state index in [4.69, 9.17) is 0 Å². The zero-order chi connectivity index (χ0) is 16.1. The second-order valence-electron chi connectivity index (χ2n) is 4.68. The number of halogens is 2. The average molecular weight is 310 g/mol. The molecular formula is C14H16F2N4O2. The molecule has 118 valence electrons. The van der Waals surface area contributed by atoms with Gasteiger partial charge < -0.3 is 9.64 Å². The fourth-order valence-electron chi connectivity index (χ4n) is 1.81. The second-order valence-corrected chi connectivity index (χ2v) is 4.68. The number of benzene rings is 1. The van der Waals surface area contributed by atoms with Crippen molar-refractivity contribution in [1.82, 2.24) is 14.7 Å². The summed E-state index contributed by atoms with van der Waals surface area (Å²) in [6, 6.07) is 7.50. The molecule has 1 aromatic heterocycles. The number of ether oxygens (including phenoxy) is 1. The molecule has 0 unspecified atom stereocenters. The topological polar surface area (TPSA) is 59.4 Å². The van der Waals surface area contributed by atoms with E-state index in [0.717, 1.165) is 5.56 Å². The molecule has 2 amide bonds. The number of amides is 2. The van der Waals surface area contributed by atoms with Gasteiger partial charge in [0.2, 0.25) is 0 Å². The van der Waals surface area contributed by atoms with Crippen LogP contribution in [-0.2, 0) is 13.6 Å². The molecule has 6 nitrogen and oxygen atoms in total. The lowest BCUT2D eigenvalue weighted by Gasteiger charge is -2.17. The number of urea groups is 1. The van der Waals surface area contributed by atoms with Gasteiger partial charge in [0.1, 0.15) is 5.75 Å². The van der Waals surface area contributed by atoms with Crippen molar-refractivity contribution in [3.05, 3.63) is 42.1 Å². The number of anilines is 1. The number of rotatable bonds is 5. The second kappa shape index (κ2) is 6.88. The molecule has 0 bridgehead atoms. The Bertz CT molecular complexity index is 628. The Morgan fingerprint density at radius 3 is 2.59 bits per heavy atom. The third-order valence-corrected chi connectivity index (χ3v) is 2.86. The molecule has 0 radical (unpaired) electrons. The predicted molar refractivity (Wildman–Crippen MR) is 76.8 cm³/mol. The summed E-state index contributed by atoms with van der Waals surface area (Å²) in [5, 5.41) is 6.70. The number of nitrogens with one attached hydrogen (secondary N) is 1. The van der Waals surface area contributed by atoms with Gasteiger partial charge in [-0.05, 0) is 17.7 Å². The molecule has 0 atom stereocenters. The number of hydrogen-bond acceptors (Lipinski definition) is 3. The van der Waals surface area contributed by atoms with E-state index in [1.165, 1.54) is 17.0 Å². The highest BCUT2D eigenvalue weighted by Gasteiger charge is 2.11. The Hall–Kier alpha value is -2.64. The lowest BCUT2D eigenvalue weighted by atomic mass is 10.2. The van der Waals surface area contributed by atoms with E-state index in [1.54, 1.807) is 43.2 Å². The van der Waals surface area contributed by atoms with E-state index in [2.05, 4.69) is 15.2 Å². The van der Waals surface area contributed by atoms with Crippen molar-refractivity contribution in [2.24, 2.45) is 7.05 Å². The van der Waals surface area contributed by atoms with Gasteiger partial charge in [0.15, 0.2) is 5.82 Å². The van der Waals surface area contributed by atoms with Gasteiger partial charge in [-0.1, -0.05) is 12.1 Å². The van der Waals surface area contributed by atoms with E-state index in [0.29, 0.717) is 12.4 Å². The van der Waals surface area contributed by atoms with E-state index in [-0.39, 0.29) is 11.8 Å². The number of aryl methyl sites for hydroxylation is 1. The standard InChI is InChI=1S/C14H16F2N4O2/c1-19(14(21)17-12-7-8-20(2)18-12)9-10-3-5-11(6-4-10)22-13(15)16/h3-8,13H,9H2,1-2H3,(H,17,18,21). The van der Waals surface area contributed by atoms with Gasteiger partial charge in [-0.15, -0.1) is 0 Å². The maximum absolute atomic E-state index is 12.1. The maximum Gasteiger partial charge on any atom is 0.387 e. The molecule has 0 saturated heterocycles. The van der Waals surface area contributed by atoms with Gasteiger partial charge in [0, 0.05) is 32.9 Å². The van der Waals surface area contributed by atoms with Crippen molar-refractivity contribution in [1.29, 1.82) is 0 Å². The smallest absolute Gasteiger partial charge is 0.387 e. The largest absolute Gasteiger partial charge is 0.435 e. The summed E-state index contributed by atoms with van der Waals surface area (Å²) in [4.78, 5) is 13.4. The first-order valence-electron chi connectivity index (χ1n) is 6.49. The van der Waals surface area contributed by atoms with Gasteiger partial charge >= 0.3 is 12.6 Å². The van der Waals surface area contributed by atoms with Crippen LogP contribution in [-0.4, -0.2) is 34.4 Å². The summed E-state index contributed by atoms with van der Waals surface area (Å²) < 4.78 is 30.0. The van der Waals surface area contributed by atoms with Crippen molar-refractivity contribution in [3.63, 3.8) is 0 Å². The summed E-state index contributed by atoms with van der Waals surface area (Å²) in [6.07, 6.45) is 1.72. The van der Waals surface area contributed by atoms with E-state index < -0.39 is 6.61 Å². The van der Waals surface area contributed by atoms with Gasteiger partial charge in [0.05, 0.1) is 0 Å². The van der Waals surface area contributed by atoms with Crippen LogP contribution in [0.1, 0.15) is 5.56 Å². The first kappa shape index (κ1) is 15.7. The van der Waals surface area contributed by atoms with Crippen LogP contribution >= 0.6 is 0 Å². The lowest BCUT2D eigenvalue weighted by molar-refractivity contribution is -0.0498. The number of carbonyl (C=O) groups is 1. The summed E-state index contributed by atoms with van der Waals surface area (Å²) >= 11 is 0. The monoisotopic (exact) mass is 310 g/mol. The Kier molecular flexibility index (Phi) is 4.92. The zero-order valence-electron chi connectivity index (χ0n) is 12.2. The lowest BCUT2D eigenvalue weighted by Crippen LogP contribution is -2.31. The molecule has 0 saturated carbocycles. The molecule has 8 heteroatoms. The van der Waals surface area contributed by atoms with E-state index in [1.807, 2.05) is 0 Å². The number of alkyl halides is 2. The number of hydrogen-bond donors (Lipinski definition) is 1. The average Bonchev–Trinajstić information content (AvgIpc) is 2.85. The molecule has 22 heavy (non-hydrogen) atoms. The molecular weight excluding hydrogens is 294 g/mol. The van der Waals surface area contributed by atoms with Crippen LogP contribution in [0.25, 0.3) is 0 Å². The minimum absolute atomic E-state index is 0.0827. The van der Waals surface area contributed by atoms with Crippen molar-refractivity contribution in [3.8, 4) is 5.75 Å². The molecule has 0 fully saturated rings. The number of nitrogens with zero attached hydrogens (tertiary/aromatic N) is 3. The quantitative estimate of drug-likeness (QED) is 0.923. The van der Waals surface area contributed by atoms with Gasteiger partial charge in [-0.25, -0.2) is 4.79 Å². The Balaban J connectivity index is 1.90. The summed E-state index contributed by atoms with van der Waals surface area (Å²) in [7, 11) is 3.38. The minimum atomic E-state index is -2.85. The van der Waals surface area contributed by atoms with Crippen LogP contribution in [0.3, 0.4) is 0 Å². The van der Waals surface area contributed by atoms with Crippen LogP contribution < -0.4 is 10.1 Å². The van der Waals surface area contributed by atoms with Crippen LogP contribution in [0.15, 0.2) is 36.5 Å². The van der Waals surface area contributed by atoms with Gasteiger partial charge in [0.25, 0.3) is 0 Å². The van der Waals surface area contributed by atoms with Crippen LogP contribution in [0, 0.1) is 0 Å².